The van der Waals surface area contributed by atoms with E-state index in [4.69, 9.17) is 9.97 Å². The van der Waals surface area contributed by atoms with Gasteiger partial charge >= 0.3 is 0 Å². The fourth-order valence-electron chi connectivity index (χ4n) is 7.17. The van der Waals surface area contributed by atoms with Crippen molar-refractivity contribution < 1.29 is 0 Å². The highest BCUT2D eigenvalue weighted by Gasteiger charge is 2.18. The van der Waals surface area contributed by atoms with Crippen LogP contribution in [0, 0.1) is 27.7 Å². The van der Waals surface area contributed by atoms with E-state index < -0.39 is 0 Å². The molecule has 3 nitrogen and oxygen atoms in total. The number of hydrogen-bond donors (Lipinski definition) is 0. The molecule has 1 aliphatic carbocycles. The zero-order valence-corrected chi connectivity index (χ0v) is 27.4. The molecule has 0 amide bonds. The van der Waals surface area contributed by atoms with Crippen molar-refractivity contribution in [1.82, 2.24) is 14.5 Å². The lowest BCUT2D eigenvalue weighted by Gasteiger charge is -2.19. The second-order valence-corrected chi connectivity index (χ2v) is 12.8. The number of fused-ring (bicyclic) bond motifs is 3. The molecule has 0 saturated heterocycles. The van der Waals surface area contributed by atoms with Crippen LogP contribution < -0.4 is 0 Å². The zero-order chi connectivity index (χ0) is 32.1. The molecular weight excluding hydrogens is 571 g/mol. The van der Waals surface area contributed by atoms with Gasteiger partial charge in [0.25, 0.3) is 0 Å². The summed E-state index contributed by atoms with van der Waals surface area (Å²) in [6.07, 6.45) is 8.46. The van der Waals surface area contributed by atoms with Gasteiger partial charge < -0.3 is 4.57 Å². The highest BCUT2D eigenvalue weighted by Crippen LogP contribution is 2.38. The fraction of sp³-hybridized carbons (Fsp3) is 0.136. The number of rotatable bonds is 5. The second kappa shape index (κ2) is 11.7. The topological polar surface area (TPSA) is 30.7 Å². The smallest absolute Gasteiger partial charge is 0.156 e. The van der Waals surface area contributed by atoms with Crippen LogP contribution in [-0.2, 0) is 0 Å². The summed E-state index contributed by atoms with van der Waals surface area (Å²) in [5.41, 5.74) is 16.5. The molecule has 0 saturated carbocycles. The third kappa shape index (κ3) is 5.09. The predicted octanol–water partition coefficient (Wildman–Crippen LogP) is 11.5. The first-order valence-electron chi connectivity index (χ1n) is 16.5. The van der Waals surface area contributed by atoms with E-state index in [1.54, 1.807) is 0 Å². The first-order valence-corrected chi connectivity index (χ1v) is 16.5. The summed E-state index contributed by atoms with van der Waals surface area (Å²) in [5, 5.41) is 2.57. The molecule has 0 fully saturated rings. The monoisotopic (exact) mass is 607 g/mol. The minimum Gasteiger partial charge on any atom is -0.309 e. The average molecular weight is 608 g/mol. The summed E-state index contributed by atoms with van der Waals surface area (Å²) in [7, 11) is 0. The molecule has 0 N–H and O–H groups in total. The van der Waals surface area contributed by atoms with Crippen LogP contribution in [0.5, 0.6) is 0 Å². The molecule has 3 heteroatoms. The summed E-state index contributed by atoms with van der Waals surface area (Å²) < 4.78 is 2.42. The van der Waals surface area contributed by atoms with E-state index in [2.05, 4.69) is 154 Å². The van der Waals surface area contributed by atoms with Gasteiger partial charge in [0.2, 0.25) is 0 Å². The molecule has 0 spiro atoms. The minimum absolute atomic E-state index is 0.818. The molecule has 2 aromatic heterocycles. The molecule has 0 aliphatic heterocycles. The predicted molar refractivity (Wildman–Crippen MR) is 198 cm³/mol. The van der Waals surface area contributed by atoms with E-state index in [1.165, 1.54) is 66.4 Å². The van der Waals surface area contributed by atoms with Crippen molar-refractivity contribution in [3.8, 4) is 39.3 Å². The minimum atomic E-state index is 0.818. The van der Waals surface area contributed by atoms with Crippen molar-refractivity contribution in [3.63, 3.8) is 0 Å². The van der Waals surface area contributed by atoms with E-state index in [9.17, 15) is 0 Å². The maximum atomic E-state index is 5.16. The second-order valence-electron chi connectivity index (χ2n) is 12.8. The van der Waals surface area contributed by atoms with Gasteiger partial charge in [-0.25, -0.2) is 9.97 Å². The maximum Gasteiger partial charge on any atom is 0.156 e. The lowest BCUT2D eigenvalue weighted by molar-refractivity contribution is 1.01. The first kappa shape index (κ1) is 28.9. The SMILES string of the molecule is Cc1cc(-c2cc(C)c(-n3c4ccccc4c4ccccc43)cc2C)c(C)cc1-c1cc(-c2ccccc2)nc(C2=CC=CCC2)n1. The molecule has 0 radical (unpaired) electrons. The van der Waals surface area contributed by atoms with Crippen LogP contribution in [-0.4, -0.2) is 14.5 Å². The van der Waals surface area contributed by atoms with Crippen LogP contribution >= 0.6 is 0 Å². The van der Waals surface area contributed by atoms with Crippen LogP contribution in [0.3, 0.4) is 0 Å². The van der Waals surface area contributed by atoms with Gasteiger partial charge in [0.05, 0.1) is 22.4 Å². The zero-order valence-electron chi connectivity index (χ0n) is 27.4. The lowest BCUT2D eigenvalue weighted by Crippen LogP contribution is -2.02. The highest BCUT2D eigenvalue weighted by molar-refractivity contribution is 6.09. The summed E-state index contributed by atoms with van der Waals surface area (Å²) in [5.74, 6) is 0.818. The van der Waals surface area contributed by atoms with E-state index >= 15 is 0 Å². The number of benzene rings is 5. The van der Waals surface area contributed by atoms with Crippen molar-refractivity contribution in [2.75, 3.05) is 0 Å². The van der Waals surface area contributed by atoms with Gasteiger partial charge in [0.1, 0.15) is 0 Å². The standard InChI is InChI=1S/C44H37N3/c1-28-24-38(40-27-39(32-15-7-5-8-16-32)45-44(46-40)33-17-9-6-10-18-33)29(2)23-36(28)37-25-31(4)43(26-30(37)3)47-41-21-13-11-19-34(41)35-20-12-14-22-42(35)47/h5-9,11-17,19-27H,10,18H2,1-4H3. The highest BCUT2D eigenvalue weighted by atomic mass is 15.0. The van der Waals surface area contributed by atoms with Crippen molar-refractivity contribution in [1.29, 1.82) is 0 Å². The lowest BCUT2D eigenvalue weighted by atomic mass is 9.90. The third-order valence-electron chi connectivity index (χ3n) is 9.60. The van der Waals surface area contributed by atoms with Crippen LogP contribution in [0.2, 0.25) is 0 Å². The summed E-state index contributed by atoms with van der Waals surface area (Å²) in [6, 6.07) is 39.4. The van der Waals surface area contributed by atoms with Crippen molar-refractivity contribution in [2.24, 2.45) is 0 Å². The van der Waals surface area contributed by atoms with Crippen LogP contribution in [0.25, 0.3) is 66.7 Å². The average Bonchev–Trinajstić information content (AvgIpc) is 3.45. The van der Waals surface area contributed by atoms with Gasteiger partial charge in [0.15, 0.2) is 5.82 Å². The van der Waals surface area contributed by atoms with Crippen molar-refractivity contribution >= 4 is 27.4 Å². The molecule has 228 valence electrons. The molecule has 0 bridgehead atoms. The quantitative estimate of drug-likeness (QED) is 0.195. The number of allylic oxidation sites excluding steroid dienone is 4. The van der Waals surface area contributed by atoms with E-state index in [0.29, 0.717) is 0 Å². The Morgan fingerprint density at radius 1 is 0.553 bits per heavy atom. The largest absolute Gasteiger partial charge is 0.309 e. The maximum absolute atomic E-state index is 5.16. The number of aromatic nitrogens is 3. The van der Waals surface area contributed by atoms with Gasteiger partial charge in [-0.3, -0.25) is 0 Å². The van der Waals surface area contributed by atoms with E-state index in [-0.39, 0.29) is 0 Å². The van der Waals surface area contributed by atoms with E-state index in [0.717, 1.165) is 41.2 Å². The number of nitrogens with zero attached hydrogens (tertiary/aromatic N) is 3. The molecule has 8 rings (SSSR count). The molecule has 1 aliphatic rings. The van der Waals surface area contributed by atoms with E-state index in [1.807, 2.05) is 6.07 Å². The van der Waals surface area contributed by atoms with Gasteiger partial charge in [-0.1, -0.05) is 91.0 Å². The Balaban J connectivity index is 1.24. The van der Waals surface area contributed by atoms with Crippen molar-refractivity contribution in [2.45, 2.75) is 40.5 Å². The molecule has 5 aromatic carbocycles. The van der Waals surface area contributed by atoms with Gasteiger partial charge in [-0.05, 0) is 116 Å². The normalized spacial score (nSPS) is 13.0. The number of aryl methyl sites for hydroxylation is 4. The first-order chi connectivity index (χ1) is 23.0. The fourth-order valence-corrected chi connectivity index (χ4v) is 7.17. The Morgan fingerprint density at radius 3 is 1.81 bits per heavy atom. The molecule has 47 heavy (non-hydrogen) atoms. The molecule has 0 unspecified atom stereocenters. The molecule has 0 atom stereocenters. The Labute approximate surface area is 276 Å². The van der Waals surface area contributed by atoms with Gasteiger partial charge in [-0.2, -0.15) is 0 Å². The Kier molecular flexibility index (Phi) is 7.18. The van der Waals surface area contributed by atoms with Crippen LogP contribution in [0.4, 0.5) is 0 Å². The molecular formula is C44H37N3. The number of para-hydroxylation sites is 2. The molecule has 7 aromatic rings. The third-order valence-corrected chi connectivity index (χ3v) is 9.60. The Morgan fingerprint density at radius 2 is 1.13 bits per heavy atom. The Hall–Kier alpha value is -5.54. The van der Waals surface area contributed by atoms with Crippen molar-refractivity contribution in [3.05, 3.63) is 156 Å². The van der Waals surface area contributed by atoms with Gasteiger partial charge in [-0.15, -0.1) is 0 Å². The Bertz CT molecular complexity index is 2340. The summed E-state index contributed by atoms with van der Waals surface area (Å²) >= 11 is 0. The summed E-state index contributed by atoms with van der Waals surface area (Å²) in [6.45, 7) is 8.91. The van der Waals surface area contributed by atoms with Crippen LogP contribution in [0.15, 0.2) is 127 Å². The number of hydrogen-bond acceptors (Lipinski definition) is 2. The van der Waals surface area contributed by atoms with Gasteiger partial charge in [0, 0.05) is 27.6 Å². The molecule has 2 heterocycles. The summed E-state index contributed by atoms with van der Waals surface area (Å²) in [4.78, 5) is 10.2. The van der Waals surface area contributed by atoms with Crippen LogP contribution in [0.1, 0.15) is 40.9 Å².